The SMILES string of the molecule is CCNC(=NCc1nccc2ccccc12)N1CCC(OCC2CCCCO2)CC1.I. The molecule has 6 nitrogen and oxygen atoms in total. The number of aliphatic imine (C=N–C) groups is 1. The molecule has 1 N–H and O–H groups in total. The van der Waals surface area contributed by atoms with Crippen LogP contribution in [0.5, 0.6) is 0 Å². The van der Waals surface area contributed by atoms with Gasteiger partial charge < -0.3 is 19.7 Å². The highest BCUT2D eigenvalue weighted by atomic mass is 127. The fourth-order valence-electron chi connectivity index (χ4n) is 4.30. The molecule has 2 aliphatic rings. The maximum Gasteiger partial charge on any atom is 0.194 e. The molecule has 2 aliphatic heterocycles. The average molecular weight is 538 g/mol. The van der Waals surface area contributed by atoms with E-state index in [1.54, 1.807) is 0 Å². The molecule has 2 aromatic rings. The van der Waals surface area contributed by atoms with E-state index in [2.05, 4.69) is 52.5 Å². The number of hydrogen-bond donors (Lipinski definition) is 1. The van der Waals surface area contributed by atoms with Gasteiger partial charge in [0.15, 0.2) is 5.96 Å². The molecule has 2 saturated heterocycles. The van der Waals surface area contributed by atoms with Crippen molar-refractivity contribution in [2.45, 2.75) is 57.8 Å². The van der Waals surface area contributed by atoms with Crippen LogP contribution in [0.25, 0.3) is 10.8 Å². The fraction of sp³-hybridized carbons (Fsp3) is 0.583. The Hall–Kier alpha value is -1.45. The van der Waals surface area contributed by atoms with E-state index in [9.17, 15) is 0 Å². The van der Waals surface area contributed by atoms with E-state index in [-0.39, 0.29) is 24.0 Å². The maximum absolute atomic E-state index is 6.17. The Morgan fingerprint density at radius 3 is 2.81 bits per heavy atom. The topological polar surface area (TPSA) is 59.0 Å². The minimum absolute atomic E-state index is 0. The Morgan fingerprint density at radius 1 is 1.19 bits per heavy atom. The smallest absolute Gasteiger partial charge is 0.194 e. The molecule has 1 atom stereocenters. The molecular weight excluding hydrogens is 503 g/mol. The first kappa shape index (κ1) is 24.2. The van der Waals surface area contributed by atoms with Gasteiger partial charge in [-0.3, -0.25) is 4.98 Å². The van der Waals surface area contributed by atoms with Crippen LogP contribution in [0.4, 0.5) is 0 Å². The number of guanidine groups is 1. The highest BCUT2D eigenvalue weighted by molar-refractivity contribution is 14.0. The van der Waals surface area contributed by atoms with Gasteiger partial charge in [-0.25, -0.2) is 4.99 Å². The van der Waals surface area contributed by atoms with Crippen LogP contribution < -0.4 is 5.32 Å². The second-order valence-electron chi connectivity index (χ2n) is 8.16. The number of ether oxygens (including phenoxy) is 2. The van der Waals surface area contributed by atoms with Crippen LogP contribution in [0.3, 0.4) is 0 Å². The number of halogens is 1. The highest BCUT2D eigenvalue weighted by Crippen LogP contribution is 2.19. The first-order valence-electron chi connectivity index (χ1n) is 11.4. The number of likely N-dealkylation sites (tertiary alicyclic amines) is 1. The van der Waals surface area contributed by atoms with Crippen molar-refractivity contribution < 1.29 is 9.47 Å². The van der Waals surface area contributed by atoms with Crippen LogP contribution in [-0.2, 0) is 16.0 Å². The zero-order valence-corrected chi connectivity index (χ0v) is 20.8. The molecule has 31 heavy (non-hydrogen) atoms. The van der Waals surface area contributed by atoms with Crippen LogP contribution in [-0.4, -0.2) is 60.9 Å². The van der Waals surface area contributed by atoms with Gasteiger partial charge in [0.2, 0.25) is 0 Å². The Morgan fingerprint density at radius 2 is 2.03 bits per heavy atom. The normalized spacial score (nSPS) is 20.5. The lowest BCUT2D eigenvalue weighted by Gasteiger charge is -2.35. The van der Waals surface area contributed by atoms with Gasteiger partial charge in [-0.2, -0.15) is 0 Å². The highest BCUT2D eigenvalue weighted by Gasteiger charge is 2.23. The zero-order valence-electron chi connectivity index (χ0n) is 18.5. The van der Waals surface area contributed by atoms with Crippen molar-refractivity contribution in [1.82, 2.24) is 15.2 Å². The molecule has 1 unspecified atom stereocenters. The first-order chi connectivity index (χ1) is 14.8. The standard InChI is InChI=1S/C24H34N4O2.HI/c1-2-25-24(27-17-23-22-9-4-3-7-19(22)10-13-26-23)28-14-11-20(12-15-28)30-18-21-8-5-6-16-29-21;/h3-4,7,9-10,13,20-21H,2,5-6,8,11-12,14-18H2,1H3,(H,25,27);1H. The van der Waals surface area contributed by atoms with E-state index in [0.29, 0.717) is 18.8 Å². The summed E-state index contributed by atoms with van der Waals surface area (Å²) in [6, 6.07) is 10.4. The molecule has 0 amide bonds. The molecule has 1 aromatic heterocycles. The summed E-state index contributed by atoms with van der Waals surface area (Å²) in [6.45, 7) is 7.12. The van der Waals surface area contributed by atoms with E-state index < -0.39 is 0 Å². The lowest BCUT2D eigenvalue weighted by atomic mass is 10.1. The van der Waals surface area contributed by atoms with Crippen LogP contribution in [0, 0.1) is 0 Å². The summed E-state index contributed by atoms with van der Waals surface area (Å²) in [5.41, 5.74) is 1.02. The van der Waals surface area contributed by atoms with Crippen molar-refractivity contribution >= 4 is 40.7 Å². The lowest BCUT2D eigenvalue weighted by molar-refractivity contribution is -0.0721. The van der Waals surface area contributed by atoms with E-state index in [4.69, 9.17) is 14.5 Å². The predicted octanol–water partition coefficient (Wildman–Crippen LogP) is 4.37. The largest absolute Gasteiger partial charge is 0.376 e. The number of nitrogens with one attached hydrogen (secondary N) is 1. The van der Waals surface area contributed by atoms with Crippen molar-refractivity contribution in [3.8, 4) is 0 Å². The summed E-state index contributed by atoms with van der Waals surface area (Å²) in [4.78, 5) is 11.8. The summed E-state index contributed by atoms with van der Waals surface area (Å²) in [7, 11) is 0. The summed E-state index contributed by atoms with van der Waals surface area (Å²) in [5.74, 6) is 0.973. The number of fused-ring (bicyclic) bond motifs is 1. The fourth-order valence-corrected chi connectivity index (χ4v) is 4.30. The zero-order chi connectivity index (χ0) is 20.6. The van der Waals surface area contributed by atoms with Gasteiger partial charge in [-0.05, 0) is 50.5 Å². The molecular formula is C24H35IN4O2. The quantitative estimate of drug-likeness (QED) is 0.337. The number of benzene rings is 1. The molecule has 0 radical (unpaired) electrons. The molecule has 0 bridgehead atoms. The molecule has 0 saturated carbocycles. The summed E-state index contributed by atoms with van der Waals surface area (Å²) < 4.78 is 12.0. The second-order valence-corrected chi connectivity index (χ2v) is 8.16. The van der Waals surface area contributed by atoms with E-state index in [0.717, 1.165) is 63.8 Å². The number of rotatable bonds is 6. The number of aromatic nitrogens is 1. The van der Waals surface area contributed by atoms with Crippen molar-refractivity contribution in [3.63, 3.8) is 0 Å². The van der Waals surface area contributed by atoms with E-state index >= 15 is 0 Å². The summed E-state index contributed by atoms with van der Waals surface area (Å²) in [5, 5.41) is 5.84. The van der Waals surface area contributed by atoms with Crippen LogP contribution >= 0.6 is 24.0 Å². The summed E-state index contributed by atoms with van der Waals surface area (Å²) >= 11 is 0. The Balaban J connectivity index is 0.00000272. The Kier molecular flexibility index (Phi) is 9.80. The minimum Gasteiger partial charge on any atom is -0.376 e. The molecule has 0 aliphatic carbocycles. The summed E-state index contributed by atoms with van der Waals surface area (Å²) in [6.07, 6.45) is 8.15. The molecule has 0 spiro atoms. The van der Waals surface area contributed by atoms with Crippen molar-refractivity contribution in [1.29, 1.82) is 0 Å². The predicted molar refractivity (Wildman–Crippen MR) is 136 cm³/mol. The molecule has 3 heterocycles. The van der Waals surface area contributed by atoms with Gasteiger partial charge in [0.1, 0.15) is 0 Å². The monoisotopic (exact) mass is 538 g/mol. The first-order valence-corrected chi connectivity index (χ1v) is 11.4. The van der Waals surface area contributed by atoms with Crippen LogP contribution in [0.15, 0.2) is 41.5 Å². The van der Waals surface area contributed by atoms with Gasteiger partial charge >= 0.3 is 0 Å². The van der Waals surface area contributed by atoms with Crippen molar-refractivity contribution in [2.24, 2.45) is 4.99 Å². The number of nitrogens with zero attached hydrogens (tertiary/aromatic N) is 3. The number of pyridine rings is 1. The van der Waals surface area contributed by atoms with Crippen LogP contribution in [0.2, 0.25) is 0 Å². The second kappa shape index (κ2) is 12.6. The molecule has 1 aromatic carbocycles. The van der Waals surface area contributed by atoms with E-state index in [1.165, 1.54) is 23.6 Å². The number of hydrogen-bond acceptors (Lipinski definition) is 4. The van der Waals surface area contributed by atoms with Crippen molar-refractivity contribution in [2.75, 3.05) is 32.8 Å². The molecule has 170 valence electrons. The third-order valence-corrected chi connectivity index (χ3v) is 6.00. The van der Waals surface area contributed by atoms with Gasteiger partial charge in [0.25, 0.3) is 0 Å². The maximum atomic E-state index is 6.17. The van der Waals surface area contributed by atoms with Crippen molar-refractivity contribution in [3.05, 3.63) is 42.2 Å². The molecule has 7 heteroatoms. The third kappa shape index (κ3) is 6.76. The molecule has 4 rings (SSSR count). The Bertz CT molecular complexity index is 828. The van der Waals surface area contributed by atoms with Gasteiger partial charge in [-0.15, -0.1) is 24.0 Å². The third-order valence-electron chi connectivity index (χ3n) is 6.00. The van der Waals surface area contributed by atoms with Gasteiger partial charge in [0.05, 0.1) is 31.1 Å². The number of piperidine rings is 1. The van der Waals surface area contributed by atoms with Gasteiger partial charge in [-0.1, -0.05) is 24.3 Å². The molecule has 2 fully saturated rings. The average Bonchev–Trinajstić information content (AvgIpc) is 2.81. The minimum atomic E-state index is 0. The van der Waals surface area contributed by atoms with Crippen LogP contribution in [0.1, 0.15) is 44.7 Å². The van der Waals surface area contributed by atoms with E-state index in [1.807, 2.05) is 6.20 Å². The Labute approximate surface area is 202 Å². The lowest BCUT2D eigenvalue weighted by Crippen LogP contribution is -2.47. The van der Waals surface area contributed by atoms with Gasteiger partial charge in [0, 0.05) is 37.8 Å².